The van der Waals surface area contributed by atoms with Gasteiger partial charge in [-0.25, -0.2) is 9.69 Å². The van der Waals surface area contributed by atoms with E-state index < -0.39 is 23.8 Å². The van der Waals surface area contributed by atoms with Crippen LogP contribution in [0, 0.1) is 0 Å². The van der Waals surface area contributed by atoms with Gasteiger partial charge in [0.15, 0.2) is 6.61 Å². The lowest BCUT2D eigenvalue weighted by molar-refractivity contribution is -0.122. The van der Waals surface area contributed by atoms with Crippen LogP contribution in [0.25, 0.3) is 6.08 Å². The van der Waals surface area contributed by atoms with Crippen molar-refractivity contribution in [2.75, 3.05) is 16.8 Å². The largest absolute Gasteiger partial charge is 0.483 e. The van der Waals surface area contributed by atoms with E-state index in [4.69, 9.17) is 39.5 Å². The molecule has 4 rings (SSSR count). The molecule has 1 aliphatic rings. The summed E-state index contributed by atoms with van der Waals surface area (Å²) in [5.74, 6) is -2.04. The lowest BCUT2D eigenvalue weighted by Gasteiger charge is -2.26. The third kappa shape index (κ3) is 6.14. The van der Waals surface area contributed by atoms with Crippen molar-refractivity contribution in [2.24, 2.45) is 0 Å². The molecule has 0 bridgehead atoms. The van der Waals surface area contributed by atoms with E-state index in [0.29, 0.717) is 20.7 Å². The number of urea groups is 1. The van der Waals surface area contributed by atoms with E-state index in [1.807, 2.05) is 0 Å². The molecule has 0 spiro atoms. The van der Waals surface area contributed by atoms with Gasteiger partial charge in [-0.05, 0) is 54.6 Å². The molecular weight excluding hydrogens is 609 g/mol. The number of carbonyl (C=O) groups is 4. The van der Waals surface area contributed by atoms with E-state index in [0.717, 1.165) is 4.90 Å². The minimum absolute atomic E-state index is 0.122. The highest BCUT2D eigenvalue weighted by Crippen LogP contribution is 2.31. The molecule has 1 aliphatic heterocycles. The molecule has 5 amide bonds. The second kappa shape index (κ2) is 11.4. The number of nitrogens with zero attached hydrogens (tertiary/aromatic N) is 1. The number of barbiturate groups is 1. The average molecular weight is 624 g/mol. The summed E-state index contributed by atoms with van der Waals surface area (Å²) in [4.78, 5) is 51.4. The number of halogens is 4. The first-order valence-electron chi connectivity index (χ1n) is 10.5. The van der Waals surface area contributed by atoms with Crippen LogP contribution in [0.3, 0.4) is 0 Å². The fourth-order valence-corrected chi connectivity index (χ4v) is 4.18. The summed E-state index contributed by atoms with van der Waals surface area (Å²) >= 11 is 21.4. The number of nitrogens with one attached hydrogen (secondary N) is 2. The first-order chi connectivity index (χ1) is 17.6. The van der Waals surface area contributed by atoms with Crippen molar-refractivity contribution in [2.45, 2.75) is 0 Å². The molecular formula is C25H15BrCl3N3O5. The van der Waals surface area contributed by atoms with Crippen molar-refractivity contribution >= 4 is 91.9 Å². The zero-order chi connectivity index (χ0) is 26.7. The number of benzene rings is 3. The molecule has 37 heavy (non-hydrogen) atoms. The third-order valence-corrected chi connectivity index (χ3v) is 6.60. The van der Waals surface area contributed by atoms with Crippen LogP contribution >= 0.6 is 50.7 Å². The number of hydrogen-bond acceptors (Lipinski definition) is 5. The number of hydrogen-bond donors (Lipinski definition) is 2. The Balaban J connectivity index is 1.60. The Kier molecular flexibility index (Phi) is 8.19. The Bertz CT molecular complexity index is 1480. The number of imide groups is 2. The fourth-order valence-electron chi connectivity index (χ4n) is 3.33. The average Bonchev–Trinajstić information content (AvgIpc) is 2.84. The molecule has 0 atom stereocenters. The van der Waals surface area contributed by atoms with Gasteiger partial charge in [0.1, 0.15) is 11.3 Å². The highest BCUT2D eigenvalue weighted by molar-refractivity contribution is 9.10. The zero-order valence-electron chi connectivity index (χ0n) is 18.6. The molecule has 1 fully saturated rings. The summed E-state index contributed by atoms with van der Waals surface area (Å²) in [6.07, 6.45) is 1.26. The van der Waals surface area contributed by atoms with Gasteiger partial charge in [0.2, 0.25) is 0 Å². The van der Waals surface area contributed by atoms with Crippen LogP contribution < -0.4 is 20.3 Å². The molecule has 2 N–H and O–H groups in total. The number of amides is 5. The van der Waals surface area contributed by atoms with E-state index in [2.05, 4.69) is 26.6 Å². The van der Waals surface area contributed by atoms with Crippen LogP contribution in [0.2, 0.25) is 15.1 Å². The van der Waals surface area contributed by atoms with Crippen molar-refractivity contribution in [1.29, 1.82) is 0 Å². The number of anilines is 2. The second-order valence-corrected chi connectivity index (χ2v) is 9.69. The number of carbonyl (C=O) groups excluding carboxylic acids is 4. The van der Waals surface area contributed by atoms with E-state index in [-0.39, 0.29) is 33.7 Å². The summed E-state index contributed by atoms with van der Waals surface area (Å²) in [5, 5.41) is 5.50. The van der Waals surface area contributed by atoms with Crippen LogP contribution in [0.1, 0.15) is 5.56 Å². The molecule has 12 heteroatoms. The Morgan fingerprint density at radius 1 is 0.973 bits per heavy atom. The van der Waals surface area contributed by atoms with Gasteiger partial charge in [0, 0.05) is 10.0 Å². The van der Waals surface area contributed by atoms with Crippen molar-refractivity contribution in [3.8, 4) is 5.75 Å². The Labute approximate surface area is 234 Å². The van der Waals surface area contributed by atoms with Gasteiger partial charge in [0.05, 0.1) is 26.4 Å². The second-order valence-electron chi connectivity index (χ2n) is 7.56. The molecule has 0 radical (unpaired) electrons. The Morgan fingerprint density at radius 3 is 2.46 bits per heavy atom. The smallest absolute Gasteiger partial charge is 0.335 e. The van der Waals surface area contributed by atoms with Gasteiger partial charge < -0.3 is 10.1 Å². The quantitative estimate of drug-likeness (QED) is 0.255. The van der Waals surface area contributed by atoms with Gasteiger partial charge in [-0.15, -0.1) is 0 Å². The van der Waals surface area contributed by atoms with E-state index in [1.54, 1.807) is 42.5 Å². The maximum absolute atomic E-state index is 13.2. The van der Waals surface area contributed by atoms with Crippen molar-refractivity contribution < 1.29 is 23.9 Å². The molecule has 1 heterocycles. The SMILES string of the molecule is O=C(COc1ccc(Br)cc1/C=C1/C(=O)NC(=O)N(c2ccc(Cl)c(Cl)c2)C1=O)Nc1ccccc1Cl. The number of rotatable bonds is 6. The zero-order valence-corrected chi connectivity index (χ0v) is 22.4. The summed E-state index contributed by atoms with van der Waals surface area (Å²) in [5.41, 5.74) is 0.515. The molecule has 0 saturated carbocycles. The Hall–Kier alpha value is -3.37. The number of ether oxygens (including phenoxy) is 1. The van der Waals surface area contributed by atoms with Crippen LogP contribution in [0.15, 0.2) is 70.7 Å². The van der Waals surface area contributed by atoms with Crippen LogP contribution in [0.5, 0.6) is 5.75 Å². The van der Waals surface area contributed by atoms with Crippen molar-refractivity contribution in [3.63, 3.8) is 0 Å². The van der Waals surface area contributed by atoms with Gasteiger partial charge >= 0.3 is 6.03 Å². The first kappa shape index (κ1) is 26.7. The molecule has 188 valence electrons. The predicted molar refractivity (Wildman–Crippen MR) is 145 cm³/mol. The van der Waals surface area contributed by atoms with Crippen molar-refractivity contribution in [1.82, 2.24) is 5.32 Å². The van der Waals surface area contributed by atoms with E-state index in [1.165, 1.54) is 24.3 Å². The maximum Gasteiger partial charge on any atom is 0.335 e. The third-order valence-electron chi connectivity index (χ3n) is 5.04. The normalized spacial score (nSPS) is 14.5. The molecule has 3 aromatic rings. The van der Waals surface area contributed by atoms with Gasteiger partial charge in [-0.1, -0.05) is 62.9 Å². The predicted octanol–water partition coefficient (Wildman–Crippen LogP) is 6.09. The monoisotopic (exact) mass is 621 g/mol. The van der Waals surface area contributed by atoms with Crippen LogP contribution in [-0.2, 0) is 14.4 Å². The molecule has 0 aromatic heterocycles. The minimum Gasteiger partial charge on any atom is -0.483 e. The molecule has 1 saturated heterocycles. The summed E-state index contributed by atoms with van der Waals surface area (Å²) < 4.78 is 6.28. The number of para-hydroxylation sites is 1. The van der Waals surface area contributed by atoms with Gasteiger partial charge in [-0.2, -0.15) is 0 Å². The van der Waals surface area contributed by atoms with Crippen LogP contribution in [0.4, 0.5) is 16.2 Å². The summed E-state index contributed by atoms with van der Waals surface area (Å²) in [6, 6.07) is 14.8. The summed E-state index contributed by atoms with van der Waals surface area (Å²) in [6.45, 7) is -0.378. The highest BCUT2D eigenvalue weighted by Gasteiger charge is 2.37. The molecule has 3 aromatic carbocycles. The highest BCUT2D eigenvalue weighted by atomic mass is 79.9. The minimum atomic E-state index is -0.938. The standard InChI is InChI=1S/C25H15BrCl3N3O5/c26-14-5-8-21(37-12-22(33)30-20-4-2-1-3-18(20)28)13(9-14)10-16-23(34)31-25(36)32(24(16)35)15-6-7-17(27)19(29)11-15/h1-11H,12H2,(H,30,33)(H,31,34,36)/b16-10-. The van der Waals surface area contributed by atoms with Gasteiger partial charge in [-0.3, -0.25) is 19.7 Å². The molecule has 8 nitrogen and oxygen atoms in total. The lowest BCUT2D eigenvalue weighted by atomic mass is 10.1. The van der Waals surface area contributed by atoms with E-state index >= 15 is 0 Å². The van der Waals surface area contributed by atoms with Crippen molar-refractivity contribution in [3.05, 3.63) is 91.3 Å². The lowest BCUT2D eigenvalue weighted by Crippen LogP contribution is -2.54. The molecule has 0 unspecified atom stereocenters. The maximum atomic E-state index is 13.2. The topological polar surface area (TPSA) is 105 Å². The van der Waals surface area contributed by atoms with Crippen LogP contribution in [-0.4, -0.2) is 30.4 Å². The van der Waals surface area contributed by atoms with E-state index in [9.17, 15) is 19.2 Å². The summed E-state index contributed by atoms with van der Waals surface area (Å²) in [7, 11) is 0. The van der Waals surface area contributed by atoms with Gasteiger partial charge in [0.25, 0.3) is 17.7 Å². The first-order valence-corrected chi connectivity index (χ1v) is 12.4. The Morgan fingerprint density at radius 2 is 1.73 bits per heavy atom. The fraction of sp³-hybridized carbons (Fsp3) is 0.0400. The molecule has 0 aliphatic carbocycles.